The minimum atomic E-state index is -1.98. The van der Waals surface area contributed by atoms with Gasteiger partial charge in [0, 0.05) is 17.7 Å². The number of phenols is 4. The Morgan fingerprint density at radius 3 is 2.27 bits per heavy atom. The number of carboxylic acid groups (broad SMARTS) is 1. The number of aliphatic carboxylic acids is 1. The van der Waals surface area contributed by atoms with Crippen LogP contribution in [0.25, 0.3) is 22.3 Å². The Hall–Kier alpha value is -4.24. The first-order chi connectivity index (χ1) is 23.1. The summed E-state index contributed by atoms with van der Waals surface area (Å²) in [5, 5.41) is 92.1. The fourth-order valence-corrected chi connectivity index (χ4v) is 6.03. The number of rotatable bonds is 8. The molecule has 4 heterocycles. The molecule has 3 fully saturated rings. The van der Waals surface area contributed by atoms with Gasteiger partial charge in [0.05, 0.1) is 19.1 Å². The fourth-order valence-electron chi connectivity index (χ4n) is 6.03. The van der Waals surface area contributed by atoms with E-state index < -0.39 is 132 Å². The molecule has 3 aromatic rings. The summed E-state index contributed by atoms with van der Waals surface area (Å²) in [6.45, 7) is 2.33. The lowest BCUT2D eigenvalue weighted by molar-refractivity contribution is -0.309. The quantitative estimate of drug-likeness (QED) is 0.135. The number of hydrogen-bond acceptors (Lipinski definition) is 17. The minimum Gasteiger partial charge on any atom is -0.508 e. The molecule has 0 spiro atoms. The summed E-state index contributed by atoms with van der Waals surface area (Å²) in [7, 11) is 0. The number of aliphatic hydroxyl groups is 4. The topological polar surface area (TPSA) is 285 Å². The van der Waals surface area contributed by atoms with Gasteiger partial charge in [-0.2, -0.15) is 0 Å². The van der Waals surface area contributed by atoms with Gasteiger partial charge in [0.25, 0.3) is 0 Å². The van der Waals surface area contributed by atoms with Crippen LogP contribution in [0.1, 0.15) is 20.3 Å². The standard InChI is InChI=1S/C31H34O18/c1-10-20(38)27-28(49-31(2,48-27)8-18(36)37)30(44-10)43-9-17-21(39)23(41)24(42)29(46-17)47-26-22(40)19-15(35)6-12(32)7-16(19)45-25(26)11-3-4-13(33)14(34)5-11/h3-7,10,17,20-21,23-24,27-30,32-35,38-39,41-42H,8-9H2,1-2H3,(H,36,37)/t10-,17+,20-,21+,23-,24+,27+,28+,29-,30+,31?/m0/s1. The van der Waals surface area contributed by atoms with Gasteiger partial charge in [0.1, 0.15) is 65.2 Å². The third-order valence-electron chi connectivity index (χ3n) is 8.48. The second-order valence-corrected chi connectivity index (χ2v) is 12.2. The number of carboxylic acids is 1. The smallest absolute Gasteiger partial charge is 0.308 e. The van der Waals surface area contributed by atoms with E-state index in [1.165, 1.54) is 19.9 Å². The molecular weight excluding hydrogens is 660 g/mol. The highest BCUT2D eigenvalue weighted by molar-refractivity contribution is 5.88. The summed E-state index contributed by atoms with van der Waals surface area (Å²) in [6, 6.07) is 5.25. The molecule has 1 unspecified atom stereocenters. The van der Waals surface area contributed by atoms with E-state index in [1.54, 1.807) is 0 Å². The number of fused-ring (bicyclic) bond motifs is 2. The van der Waals surface area contributed by atoms with E-state index in [0.29, 0.717) is 0 Å². The van der Waals surface area contributed by atoms with Gasteiger partial charge in [-0.3, -0.25) is 9.59 Å². The Bertz CT molecular complexity index is 1790. The fraction of sp³-hybridized carbons (Fsp3) is 0.484. The van der Waals surface area contributed by atoms with Crippen molar-refractivity contribution in [3.8, 4) is 40.1 Å². The third kappa shape index (κ3) is 6.45. The summed E-state index contributed by atoms with van der Waals surface area (Å²) in [5.74, 6) is -6.21. The second kappa shape index (κ2) is 12.9. The maximum Gasteiger partial charge on any atom is 0.308 e. The predicted octanol–water partition coefficient (Wildman–Crippen LogP) is -0.434. The number of benzene rings is 2. The summed E-state index contributed by atoms with van der Waals surface area (Å²) < 4.78 is 40.4. The Morgan fingerprint density at radius 2 is 1.57 bits per heavy atom. The highest BCUT2D eigenvalue weighted by Gasteiger charge is 2.57. The summed E-state index contributed by atoms with van der Waals surface area (Å²) >= 11 is 0. The SMILES string of the molecule is C[C@@H]1O[C@@H](OC[C@H]2O[C@@H](Oc3c(-c4ccc(O)c(O)c4)oc4cc(O)cc(O)c4c3=O)[C@H](O)[C@@H](O)[C@@H]2O)[C@@H]2OC(C)(CC(=O)O)O[C@@H]2[C@H]1O. The summed E-state index contributed by atoms with van der Waals surface area (Å²) in [6.07, 6.45) is -15.2. The van der Waals surface area contributed by atoms with Crippen LogP contribution in [0.3, 0.4) is 0 Å². The van der Waals surface area contributed by atoms with Gasteiger partial charge >= 0.3 is 5.97 Å². The van der Waals surface area contributed by atoms with Gasteiger partial charge in [0.15, 0.2) is 29.3 Å². The summed E-state index contributed by atoms with van der Waals surface area (Å²) in [5.41, 5.74) is -1.36. The molecule has 9 N–H and O–H groups in total. The molecule has 2 aromatic carbocycles. The molecule has 11 atom stereocenters. The molecule has 0 bridgehead atoms. The maximum atomic E-state index is 13.7. The van der Waals surface area contributed by atoms with Crippen molar-refractivity contribution in [1.82, 2.24) is 0 Å². The van der Waals surface area contributed by atoms with Crippen LogP contribution in [-0.4, -0.2) is 126 Å². The van der Waals surface area contributed by atoms with Crippen molar-refractivity contribution in [2.75, 3.05) is 6.61 Å². The van der Waals surface area contributed by atoms with Crippen LogP contribution in [0.2, 0.25) is 0 Å². The van der Waals surface area contributed by atoms with Crippen molar-refractivity contribution < 1.29 is 83.6 Å². The van der Waals surface area contributed by atoms with Crippen molar-refractivity contribution in [3.05, 3.63) is 40.6 Å². The monoisotopic (exact) mass is 694 g/mol. The van der Waals surface area contributed by atoms with Crippen LogP contribution in [0.15, 0.2) is 39.5 Å². The lowest BCUT2D eigenvalue weighted by Gasteiger charge is -2.42. The molecule has 0 radical (unpaired) electrons. The first kappa shape index (κ1) is 34.6. The number of carbonyl (C=O) groups is 1. The number of aromatic hydroxyl groups is 4. The molecule has 0 saturated carbocycles. The molecule has 1 aromatic heterocycles. The normalized spacial score (nSPS) is 34.5. The average Bonchev–Trinajstić information content (AvgIpc) is 3.37. The number of hydrogen-bond donors (Lipinski definition) is 9. The van der Waals surface area contributed by atoms with E-state index in [1.807, 2.05) is 0 Å². The van der Waals surface area contributed by atoms with Gasteiger partial charge in [-0.05, 0) is 32.0 Å². The second-order valence-electron chi connectivity index (χ2n) is 12.2. The van der Waals surface area contributed by atoms with E-state index in [9.17, 15) is 55.5 Å². The minimum absolute atomic E-state index is 0.0353. The van der Waals surface area contributed by atoms with Gasteiger partial charge in [-0.25, -0.2) is 0 Å². The molecule has 6 rings (SSSR count). The van der Waals surface area contributed by atoms with E-state index in [2.05, 4.69) is 0 Å². The number of ether oxygens (including phenoxy) is 6. The zero-order chi connectivity index (χ0) is 35.5. The van der Waals surface area contributed by atoms with Gasteiger partial charge in [0.2, 0.25) is 17.5 Å². The highest BCUT2D eigenvalue weighted by atomic mass is 16.8. The first-order valence-corrected chi connectivity index (χ1v) is 15.0. The molecule has 0 aliphatic carbocycles. The average molecular weight is 695 g/mol. The third-order valence-corrected chi connectivity index (χ3v) is 8.48. The summed E-state index contributed by atoms with van der Waals surface area (Å²) in [4.78, 5) is 25.1. The molecule has 3 aliphatic heterocycles. The number of phenolic OH excluding ortho intramolecular Hbond substituents is 4. The lowest BCUT2D eigenvalue weighted by Crippen LogP contribution is -2.61. The van der Waals surface area contributed by atoms with Crippen LogP contribution in [0.5, 0.6) is 28.7 Å². The lowest BCUT2D eigenvalue weighted by atomic mass is 9.98. The predicted molar refractivity (Wildman–Crippen MR) is 159 cm³/mol. The number of aliphatic hydroxyl groups excluding tert-OH is 4. The molecule has 266 valence electrons. The van der Waals surface area contributed by atoms with Crippen LogP contribution in [-0.2, 0) is 28.5 Å². The highest BCUT2D eigenvalue weighted by Crippen LogP contribution is 2.41. The first-order valence-electron chi connectivity index (χ1n) is 15.0. The molecule has 18 nitrogen and oxygen atoms in total. The van der Waals surface area contributed by atoms with Crippen LogP contribution < -0.4 is 10.2 Å². The largest absolute Gasteiger partial charge is 0.508 e. The molecule has 3 saturated heterocycles. The molecule has 0 amide bonds. The molecule has 18 heteroatoms. The van der Waals surface area contributed by atoms with E-state index in [-0.39, 0.29) is 11.1 Å². The zero-order valence-corrected chi connectivity index (χ0v) is 25.8. The van der Waals surface area contributed by atoms with Crippen LogP contribution in [0.4, 0.5) is 0 Å². The Labute approximate surface area is 275 Å². The Morgan fingerprint density at radius 1 is 0.857 bits per heavy atom. The van der Waals surface area contributed by atoms with Gasteiger partial charge in [-0.15, -0.1) is 0 Å². The van der Waals surface area contributed by atoms with Crippen LogP contribution >= 0.6 is 0 Å². The Balaban J connectivity index is 1.28. The molecule has 3 aliphatic rings. The Kier molecular flexibility index (Phi) is 9.11. The van der Waals surface area contributed by atoms with Crippen LogP contribution in [0, 0.1) is 0 Å². The van der Waals surface area contributed by atoms with Gasteiger partial charge in [-0.1, -0.05) is 0 Å². The molecular formula is C31H34O18. The van der Waals surface area contributed by atoms with Crippen molar-refractivity contribution >= 4 is 16.9 Å². The van der Waals surface area contributed by atoms with Crippen molar-refractivity contribution in [1.29, 1.82) is 0 Å². The van der Waals surface area contributed by atoms with E-state index in [0.717, 1.165) is 24.3 Å². The maximum absolute atomic E-state index is 13.7. The van der Waals surface area contributed by atoms with Crippen molar-refractivity contribution in [2.24, 2.45) is 0 Å². The van der Waals surface area contributed by atoms with E-state index >= 15 is 0 Å². The zero-order valence-electron chi connectivity index (χ0n) is 25.8. The van der Waals surface area contributed by atoms with Crippen molar-refractivity contribution in [2.45, 2.75) is 87.5 Å². The van der Waals surface area contributed by atoms with E-state index in [4.69, 9.17) is 32.8 Å². The molecule has 49 heavy (non-hydrogen) atoms. The van der Waals surface area contributed by atoms with Gasteiger partial charge < -0.3 is 78.8 Å². The van der Waals surface area contributed by atoms with Crippen molar-refractivity contribution in [3.63, 3.8) is 0 Å².